The molecule has 2 aromatic carbocycles. The molecule has 1 N–H and O–H groups in total. The van der Waals surface area contributed by atoms with Crippen LogP contribution in [0.3, 0.4) is 0 Å². The van der Waals surface area contributed by atoms with Gasteiger partial charge in [0.25, 0.3) is 5.91 Å². The van der Waals surface area contributed by atoms with Crippen LogP contribution < -0.4 is 11.0 Å². The van der Waals surface area contributed by atoms with Crippen LogP contribution in [0.1, 0.15) is 33.3 Å². The summed E-state index contributed by atoms with van der Waals surface area (Å²) >= 11 is 0. The van der Waals surface area contributed by atoms with Gasteiger partial charge in [0.05, 0.1) is 29.5 Å². The monoisotopic (exact) mass is 487 g/mol. The van der Waals surface area contributed by atoms with E-state index in [1.807, 2.05) is 0 Å². The molecule has 12 heteroatoms. The lowest BCUT2D eigenvalue weighted by Gasteiger charge is -2.13. The van der Waals surface area contributed by atoms with Crippen molar-refractivity contribution in [1.29, 1.82) is 0 Å². The lowest BCUT2D eigenvalue weighted by molar-refractivity contribution is -0.143. The van der Waals surface area contributed by atoms with Gasteiger partial charge in [0.1, 0.15) is 5.56 Å². The number of ether oxygens (including phenoxy) is 1. The number of alkyl halides is 3. The maximum absolute atomic E-state index is 13.7. The topological polar surface area (TPSA) is 100 Å². The van der Waals surface area contributed by atoms with E-state index in [2.05, 4.69) is 10.4 Å². The van der Waals surface area contributed by atoms with Crippen molar-refractivity contribution >= 4 is 28.6 Å². The van der Waals surface area contributed by atoms with Gasteiger partial charge in [-0.3, -0.25) is 13.9 Å². The lowest BCUT2D eigenvalue weighted by atomic mass is 10.1. The third-order valence-electron chi connectivity index (χ3n) is 5.44. The molecule has 0 aliphatic rings. The van der Waals surface area contributed by atoms with E-state index in [1.54, 1.807) is 32.3 Å². The Balaban J connectivity index is 1.61. The quantitative estimate of drug-likeness (QED) is 0.435. The number of aryl methyl sites for hydroxylation is 2. The van der Waals surface area contributed by atoms with Gasteiger partial charge in [-0.25, -0.2) is 14.3 Å². The predicted octanol–water partition coefficient (Wildman–Crippen LogP) is 3.51. The molecule has 2 heterocycles. The van der Waals surface area contributed by atoms with Crippen LogP contribution in [0.15, 0.2) is 53.5 Å². The molecule has 0 aliphatic carbocycles. The molecule has 4 aromatic rings. The predicted molar refractivity (Wildman–Crippen MR) is 121 cm³/mol. The standard InChI is InChI=1S/C23H20F3N5O4/c1-4-35-21(33)16-12-27-31(19(16)23(24,25)26)15-8-5-13(6-9-15)20(32)28-14-7-10-17-18(11-14)30(3)22(34)29(17)2/h5-12H,4H2,1-3H3,(H,28,32). The first kappa shape index (κ1) is 23.8. The van der Waals surface area contributed by atoms with Gasteiger partial charge < -0.3 is 10.1 Å². The number of hydrogen-bond acceptors (Lipinski definition) is 5. The van der Waals surface area contributed by atoms with E-state index in [0.29, 0.717) is 21.4 Å². The Kier molecular flexibility index (Phi) is 5.97. The summed E-state index contributed by atoms with van der Waals surface area (Å²) in [5.41, 5.74) is -0.225. The second-order valence-corrected chi connectivity index (χ2v) is 7.64. The van der Waals surface area contributed by atoms with E-state index in [0.717, 1.165) is 6.20 Å². The second kappa shape index (κ2) is 8.78. The van der Waals surface area contributed by atoms with Crippen molar-refractivity contribution in [1.82, 2.24) is 18.9 Å². The SMILES string of the molecule is CCOC(=O)c1cnn(-c2ccc(C(=O)Nc3ccc4c(c3)n(C)c(=O)n4C)cc2)c1C(F)(F)F. The highest BCUT2D eigenvalue weighted by Gasteiger charge is 2.41. The van der Waals surface area contributed by atoms with Crippen LogP contribution in [-0.2, 0) is 25.0 Å². The average molecular weight is 487 g/mol. The summed E-state index contributed by atoms with van der Waals surface area (Å²) < 4.78 is 49.3. The number of nitrogens with one attached hydrogen (secondary N) is 1. The fraction of sp³-hybridized carbons (Fsp3) is 0.217. The minimum absolute atomic E-state index is 0.00475. The first-order valence-corrected chi connectivity index (χ1v) is 10.4. The Morgan fingerprint density at radius 2 is 1.69 bits per heavy atom. The van der Waals surface area contributed by atoms with E-state index in [4.69, 9.17) is 4.74 Å². The number of halogens is 3. The number of fused-ring (bicyclic) bond motifs is 1. The van der Waals surface area contributed by atoms with Crippen LogP contribution >= 0.6 is 0 Å². The van der Waals surface area contributed by atoms with Crippen LogP contribution in [0, 0.1) is 0 Å². The number of amides is 1. The first-order chi connectivity index (χ1) is 16.5. The summed E-state index contributed by atoms with van der Waals surface area (Å²) in [6, 6.07) is 10.3. The summed E-state index contributed by atoms with van der Waals surface area (Å²) in [4.78, 5) is 36.7. The van der Waals surface area contributed by atoms with Crippen LogP contribution in [0.2, 0.25) is 0 Å². The van der Waals surface area contributed by atoms with Gasteiger partial charge in [-0.15, -0.1) is 0 Å². The molecule has 0 fully saturated rings. The third kappa shape index (κ3) is 4.29. The molecule has 182 valence electrons. The molecule has 0 bridgehead atoms. The number of imidazole rings is 1. The van der Waals surface area contributed by atoms with E-state index in [9.17, 15) is 27.6 Å². The van der Waals surface area contributed by atoms with Crippen molar-refractivity contribution in [3.8, 4) is 5.69 Å². The molecule has 4 rings (SSSR count). The Bertz CT molecular complexity index is 1500. The molecule has 1 amide bonds. The molecular weight excluding hydrogens is 467 g/mol. The number of aromatic nitrogens is 4. The maximum Gasteiger partial charge on any atom is 0.434 e. The number of nitrogens with zero attached hydrogens (tertiary/aromatic N) is 4. The molecule has 0 saturated heterocycles. The molecule has 0 aliphatic heterocycles. The summed E-state index contributed by atoms with van der Waals surface area (Å²) in [5.74, 6) is -1.63. The zero-order valence-electron chi connectivity index (χ0n) is 18.9. The number of esters is 1. The molecule has 0 unspecified atom stereocenters. The van der Waals surface area contributed by atoms with Crippen LogP contribution in [0.25, 0.3) is 16.7 Å². The summed E-state index contributed by atoms with van der Waals surface area (Å²) in [7, 11) is 3.26. The molecule has 9 nitrogen and oxygen atoms in total. The molecule has 0 spiro atoms. The van der Waals surface area contributed by atoms with Gasteiger partial charge in [0, 0.05) is 25.3 Å². The highest BCUT2D eigenvalue weighted by molar-refractivity contribution is 6.05. The third-order valence-corrected chi connectivity index (χ3v) is 5.44. The van der Waals surface area contributed by atoms with Gasteiger partial charge in [-0.05, 0) is 49.4 Å². The van der Waals surface area contributed by atoms with Gasteiger partial charge in [-0.2, -0.15) is 18.3 Å². The number of rotatable bonds is 5. The normalized spacial score (nSPS) is 11.6. The van der Waals surface area contributed by atoms with E-state index >= 15 is 0 Å². The highest BCUT2D eigenvalue weighted by Crippen LogP contribution is 2.34. The van der Waals surface area contributed by atoms with Gasteiger partial charge in [0.15, 0.2) is 5.69 Å². The van der Waals surface area contributed by atoms with Crippen LogP contribution in [-0.4, -0.2) is 37.4 Å². The smallest absolute Gasteiger partial charge is 0.434 e. The summed E-state index contributed by atoms with van der Waals surface area (Å²) in [5, 5.41) is 6.42. The molecule has 35 heavy (non-hydrogen) atoms. The van der Waals surface area contributed by atoms with Crippen molar-refractivity contribution in [3.05, 3.63) is 76.0 Å². The van der Waals surface area contributed by atoms with Crippen molar-refractivity contribution in [2.45, 2.75) is 13.1 Å². The van der Waals surface area contributed by atoms with Crippen molar-refractivity contribution in [2.24, 2.45) is 14.1 Å². The molecular formula is C23H20F3N5O4. The Hall–Kier alpha value is -4.35. The molecule has 2 aromatic heterocycles. The zero-order valence-corrected chi connectivity index (χ0v) is 18.9. The van der Waals surface area contributed by atoms with E-state index < -0.39 is 29.3 Å². The molecule has 0 atom stereocenters. The Morgan fingerprint density at radius 1 is 1.03 bits per heavy atom. The lowest BCUT2D eigenvalue weighted by Crippen LogP contribution is -2.19. The molecule has 0 radical (unpaired) electrons. The first-order valence-electron chi connectivity index (χ1n) is 10.4. The van der Waals surface area contributed by atoms with Gasteiger partial charge in [0.2, 0.25) is 0 Å². The number of hydrogen-bond donors (Lipinski definition) is 1. The maximum atomic E-state index is 13.7. The summed E-state index contributed by atoms with van der Waals surface area (Å²) in [6.07, 6.45) is -4.07. The Morgan fingerprint density at radius 3 is 2.31 bits per heavy atom. The zero-order chi connectivity index (χ0) is 25.5. The molecule has 0 saturated carbocycles. The second-order valence-electron chi connectivity index (χ2n) is 7.64. The largest absolute Gasteiger partial charge is 0.462 e. The van der Waals surface area contributed by atoms with Crippen LogP contribution in [0.4, 0.5) is 18.9 Å². The number of anilines is 1. The fourth-order valence-corrected chi connectivity index (χ4v) is 3.72. The number of carbonyl (C=O) groups is 2. The van der Waals surface area contributed by atoms with E-state index in [1.165, 1.54) is 40.3 Å². The highest BCUT2D eigenvalue weighted by atomic mass is 19.4. The minimum atomic E-state index is -4.87. The summed E-state index contributed by atoms with van der Waals surface area (Å²) in [6.45, 7) is 1.40. The number of benzene rings is 2. The Labute approximate surface area is 196 Å². The van der Waals surface area contributed by atoms with Crippen molar-refractivity contribution in [2.75, 3.05) is 11.9 Å². The minimum Gasteiger partial charge on any atom is -0.462 e. The average Bonchev–Trinajstić information content (AvgIpc) is 3.36. The van der Waals surface area contributed by atoms with Crippen LogP contribution in [0.5, 0.6) is 0 Å². The van der Waals surface area contributed by atoms with E-state index in [-0.39, 0.29) is 23.5 Å². The van der Waals surface area contributed by atoms with Gasteiger partial charge in [-0.1, -0.05) is 0 Å². The fourth-order valence-electron chi connectivity index (χ4n) is 3.72. The van der Waals surface area contributed by atoms with Crippen molar-refractivity contribution in [3.63, 3.8) is 0 Å². The van der Waals surface area contributed by atoms with Crippen molar-refractivity contribution < 1.29 is 27.5 Å². The number of carbonyl (C=O) groups excluding carboxylic acids is 2. The van der Waals surface area contributed by atoms with Gasteiger partial charge >= 0.3 is 17.8 Å².